The van der Waals surface area contributed by atoms with Crippen molar-refractivity contribution in [3.05, 3.63) is 29.8 Å². The van der Waals surface area contributed by atoms with Crippen molar-refractivity contribution in [3.63, 3.8) is 0 Å². The maximum absolute atomic E-state index is 12.3. The number of ketones is 1. The summed E-state index contributed by atoms with van der Waals surface area (Å²) in [7, 11) is -3.55. The molecule has 0 saturated carbocycles. The van der Waals surface area contributed by atoms with Crippen molar-refractivity contribution in [1.82, 2.24) is 4.72 Å². The topological polar surface area (TPSA) is 63.2 Å². The minimum Gasteiger partial charge on any atom is -0.295 e. The monoisotopic (exact) mass is 283 g/mol. The fourth-order valence-electron chi connectivity index (χ4n) is 1.65. The summed E-state index contributed by atoms with van der Waals surface area (Å²) in [5, 5.41) is 0. The van der Waals surface area contributed by atoms with E-state index in [4.69, 9.17) is 0 Å². The van der Waals surface area contributed by atoms with Crippen LogP contribution in [-0.2, 0) is 10.0 Å². The van der Waals surface area contributed by atoms with E-state index in [-0.39, 0.29) is 10.7 Å². The van der Waals surface area contributed by atoms with Crippen molar-refractivity contribution in [3.8, 4) is 0 Å². The Hall–Kier alpha value is -1.20. The van der Waals surface area contributed by atoms with Crippen LogP contribution in [-0.4, -0.2) is 19.7 Å². The molecule has 0 aromatic heterocycles. The first-order valence-electron chi connectivity index (χ1n) is 6.39. The number of carbonyl (C=O) groups is 1. The van der Waals surface area contributed by atoms with Gasteiger partial charge in [0.25, 0.3) is 0 Å². The van der Waals surface area contributed by atoms with Crippen molar-refractivity contribution in [2.45, 2.75) is 51.0 Å². The zero-order chi connectivity index (χ0) is 14.7. The molecule has 0 spiro atoms. The summed E-state index contributed by atoms with van der Waals surface area (Å²) < 4.78 is 27.2. The fraction of sp³-hybridized carbons (Fsp3) is 0.500. The van der Waals surface area contributed by atoms with Gasteiger partial charge in [0.2, 0.25) is 10.0 Å². The molecule has 1 aromatic rings. The van der Waals surface area contributed by atoms with E-state index in [1.807, 2.05) is 20.8 Å². The molecule has 19 heavy (non-hydrogen) atoms. The Bertz CT molecular complexity index is 543. The molecule has 0 aliphatic carbocycles. The number of rotatable bonds is 6. The zero-order valence-corrected chi connectivity index (χ0v) is 12.7. The molecule has 5 heteroatoms. The Labute approximate surface area is 115 Å². The Morgan fingerprint density at radius 3 is 2.00 bits per heavy atom. The van der Waals surface area contributed by atoms with E-state index in [9.17, 15) is 13.2 Å². The van der Waals surface area contributed by atoms with Crippen LogP contribution in [0.15, 0.2) is 29.2 Å². The third-order valence-electron chi connectivity index (χ3n) is 3.51. The van der Waals surface area contributed by atoms with Crippen LogP contribution in [0.4, 0.5) is 0 Å². The van der Waals surface area contributed by atoms with Gasteiger partial charge in [0.1, 0.15) is 0 Å². The Balaban J connectivity index is 3.04. The molecule has 0 bridgehead atoms. The molecule has 1 aromatic carbocycles. The van der Waals surface area contributed by atoms with Crippen LogP contribution < -0.4 is 4.72 Å². The molecule has 0 aliphatic rings. The van der Waals surface area contributed by atoms with Crippen LogP contribution in [0.25, 0.3) is 0 Å². The molecule has 4 nitrogen and oxygen atoms in total. The maximum Gasteiger partial charge on any atom is 0.241 e. The molecule has 0 radical (unpaired) electrons. The first kappa shape index (κ1) is 15.9. The van der Waals surface area contributed by atoms with Crippen LogP contribution >= 0.6 is 0 Å². The summed E-state index contributed by atoms with van der Waals surface area (Å²) in [4.78, 5) is 11.3. The van der Waals surface area contributed by atoms with Crippen molar-refractivity contribution < 1.29 is 13.2 Å². The van der Waals surface area contributed by atoms with Crippen molar-refractivity contribution >= 4 is 15.8 Å². The molecule has 0 fully saturated rings. The molecule has 0 saturated heterocycles. The Kier molecular flexibility index (Phi) is 4.87. The largest absolute Gasteiger partial charge is 0.295 e. The minimum absolute atomic E-state index is 0.0798. The summed E-state index contributed by atoms with van der Waals surface area (Å²) in [5.41, 5.74) is 0.0608. The Morgan fingerprint density at radius 1 is 1.16 bits per heavy atom. The van der Waals surface area contributed by atoms with Crippen LogP contribution in [0.1, 0.15) is 50.9 Å². The van der Waals surface area contributed by atoms with E-state index in [1.54, 1.807) is 0 Å². The number of Topliss-reactive ketones (excluding diaryl/α,β-unsaturated/α-hetero) is 1. The SMILES string of the molecule is CCC(C)(CC)NS(=O)(=O)c1ccc(C(C)=O)cc1. The molecule has 0 unspecified atom stereocenters. The third kappa shape index (κ3) is 3.88. The van der Waals surface area contributed by atoms with Gasteiger partial charge < -0.3 is 0 Å². The zero-order valence-electron chi connectivity index (χ0n) is 11.9. The lowest BCUT2D eigenvalue weighted by atomic mass is 9.98. The standard InChI is InChI=1S/C14H21NO3S/c1-5-14(4,6-2)15-19(17,18)13-9-7-12(8-10-13)11(3)16/h7-10,15H,5-6H2,1-4H3. The predicted octanol–water partition coefficient (Wildman–Crippen LogP) is 2.75. The quantitative estimate of drug-likeness (QED) is 0.816. The second-order valence-electron chi connectivity index (χ2n) is 4.95. The van der Waals surface area contributed by atoms with E-state index in [0.717, 1.165) is 0 Å². The van der Waals surface area contributed by atoms with E-state index in [0.29, 0.717) is 18.4 Å². The molecule has 0 atom stereocenters. The average molecular weight is 283 g/mol. The number of hydrogen-bond acceptors (Lipinski definition) is 3. The molecule has 0 amide bonds. The smallest absolute Gasteiger partial charge is 0.241 e. The number of nitrogens with one attached hydrogen (secondary N) is 1. The van der Waals surface area contributed by atoms with E-state index < -0.39 is 15.6 Å². The van der Waals surface area contributed by atoms with Gasteiger partial charge in [-0.25, -0.2) is 13.1 Å². The number of benzene rings is 1. The van der Waals surface area contributed by atoms with Gasteiger partial charge >= 0.3 is 0 Å². The molecule has 0 aliphatic heterocycles. The molecule has 1 N–H and O–H groups in total. The summed E-state index contributed by atoms with van der Waals surface area (Å²) in [6.45, 7) is 7.23. The predicted molar refractivity (Wildman–Crippen MR) is 75.8 cm³/mol. The first-order valence-corrected chi connectivity index (χ1v) is 7.87. The van der Waals surface area contributed by atoms with Gasteiger partial charge in [-0.15, -0.1) is 0 Å². The van der Waals surface area contributed by atoms with E-state index in [1.165, 1.54) is 31.2 Å². The molecular weight excluding hydrogens is 262 g/mol. The summed E-state index contributed by atoms with van der Waals surface area (Å²) in [5.74, 6) is -0.0798. The summed E-state index contributed by atoms with van der Waals surface area (Å²) in [6, 6.07) is 5.99. The summed E-state index contributed by atoms with van der Waals surface area (Å²) in [6.07, 6.45) is 1.43. The van der Waals surface area contributed by atoms with Gasteiger partial charge in [0.15, 0.2) is 5.78 Å². The minimum atomic E-state index is -3.55. The van der Waals surface area contributed by atoms with E-state index >= 15 is 0 Å². The van der Waals surface area contributed by atoms with Gasteiger partial charge in [-0.1, -0.05) is 26.0 Å². The van der Waals surface area contributed by atoms with Crippen molar-refractivity contribution in [2.24, 2.45) is 0 Å². The number of hydrogen-bond donors (Lipinski definition) is 1. The van der Waals surface area contributed by atoms with Crippen LogP contribution in [0.3, 0.4) is 0 Å². The highest BCUT2D eigenvalue weighted by Crippen LogP contribution is 2.19. The first-order chi connectivity index (χ1) is 8.74. The van der Waals surface area contributed by atoms with E-state index in [2.05, 4.69) is 4.72 Å². The van der Waals surface area contributed by atoms with Crippen LogP contribution in [0.5, 0.6) is 0 Å². The number of carbonyl (C=O) groups excluding carboxylic acids is 1. The Morgan fingerprint density at radius 2 is 1.63 bits per heavy atom. The summed E-state index contributed by atoms with van der Waals surface area (Å²) >= 11 is 0. The van der Waals surface area contributed by atoms with Gasteiger partial charge in [-0.2, -0.15) is 0 Å². The van der Waals surface area contributed by atoms with Crippen LogP contribution in [0.2, 0.25) is 0 Å². The number of sulfonamides is 1. The highest BCUT2D eigenvalue weighted by Gasteiger charge is 2.27. The maximum atomic E-state index is 12.3. The lowest BCUT2D eigenvalue weighted by Crippen LogP contribution is -2.44. The fourth-order valence-corrected chi connectivity index (χ4v) is 3.20. The van der Waals surface area contributed by atoms with Gasteiger partial charge in [-0.3, -0.25) is 4.79 Å². The molecule has 106 valence electrons. The lowest BCUT2D eigenvalue weighted by molar-refractivity contribution is 0.101. The molecular formula is C14H21NO3S. The average Bonchev–Trinajstić information content (AvgIpc) is 2.38. The highest BCUT2D eigenvalue weighted by atomic mass is 32.2. The lowest BCUT2D eigenvalue weighted by Gasteiger charge is -2.27. The van der Waals surface area contributed by atoms with Gasteiger partial charge in [0, 0.05) is 11.1 Å². The van der Waals surface area contributed by atoms with Gasteiger partial charge in [0.05, 0.1) is 4.90 Å². The van der Waals surface area contributed by atoms with Crippen LogP contribution in [0, 0.1) is 0 Å². The second-order valence-corrected chi connectivity index (χ2v) is 6.64. The van der Waals surface area contributed by atoms with Crippen molar-refractivity contribution in [1.29, 1.82) is 0 Å². The van der Waals surface area contributed by atoms with Crippen molar-refractivity contribution in [2.75, 3.05) is 0 Å². The normalized spacial score (nSPS) is 12.4. The molecule has 0 heterocycles. The second kappa shape index (κ2) is 5.84. The third-order valence-corrected chi connectivity index (χ3v) is 5.17. The van der Waals surface area contributed by atoms with Gasteiger partial charge in [-0.05, 0) is 38.8 Å². The molecule has 1 rings (SSSR count). The highest BCUT2D eigenvalue weighted by molar-refractivity contribution is 7.89.